The van der Waals surface area contributed by atoms with Crippen LogP contribution in [0.1, 0.15) is 40.8 Å². The maximum Gasteiger partial charge on any atom is 0.338 e. The second-order valence-electron chi connectivity index (χ2n) is 13.9. The molecule has 7 rings (SSSR count). The van der Waals surface area contributed by atoms with Crippen LogP contribution in [0.4, 0.5) is 4.79 Å². The van der Waals surface area contributed by atoms with Gasteiger partial charge in [0, 0.05) is 0 Å². The number of ether oxygens (including phenoxy) is 6. The summed E-state index contributed by atoms with van der Waals surface area (Å²) in [5.74, 6) is -0.597. The van der Waals surface area contributed by atoms with E-state index in [1.54, 1.807) is 6.92 Å². The van der Waals surface area contributed by atoms with Gasteiger partial charge in [-0.3, -0.25) is 0 Å². The molecule has 0 aromatic heterocycles. The number of hydrogen-bond donors (Lipinski definition) is 2. The number of rotatable bonds is 17. The van der Waals surface area contributed by atoms with Crippen molar-refractivity contribution >= 4 is 12.0 Å². The summed E-state index contributed by atoms with van der Waals surface area (Å²) >= 11 is 0. The maximum atomic E-state index is 14.1. The molecule has 0 spiro atoms. The van der Waals surface area contributed by atoms with E-state index >= 15 is 0 Å². The van der Waals surface area contributed by atoms with E-state index in [-0.39, 0.29) is 44.3 Å². The van der Waals surface area contributed by atoms with Gasteiger partial charge in [-0.2, -0.15) is 0 Å². The molecular formula is C47H48N2O8. The summed E-state index contributed by atoms with van der Waals surface area (Å²) in [5, 5.41) is 5.91. The van der Waals surface area contributed by atoms with Crippen molar-refractivity contribution in [1.82, 2.24) is 10.6 Å². The van der Waals surface area contributed by atoms with Crippen molar-refractivity contribution in [2.75, 3.05) is 13.2 Å². The predicted molar refractivity (Wildman–Crippen MR) is 214 cm³/mol. The first kappa shape index (κ1) is 39.6. The maximum absolute atomic E-state index is 14.1. The lowest BCUT2D eigenvalue weighted by molar-refractivity contribution is -0.266. The van der Waals surface area contributed by atoms with Crippen LogP contribution in [-0.2, 0) is 59.6 Å². The van der Waals surface area contributed by atoms with E-state index in [2.05, 4.69) is 10.6 Å². The van der Waals surface area contributed by atoms with Crippen LogP contribution in [0.3, 0.4) is 0 Å². The van der Waals surface area contributed by atoms with Crippen LogP contribution in [-0.4, -0.2) is 55.7 Å². The minimum Gasteiger partial charge on any atom is -0.463 e. The summed E-state index contributed by atoms with van der Waals surface area (Å²) in [6.07, 6.45) is -4.16. The summed E-state index contributed by atoms with van der Waals surface area (Å²) in [4.78, 5) is 27.8. The molecule has 0 radical (unpaired) electrons. The third kappa shape index (κ3) is 10.4. The van der Waals surface area contributed by atoms with Gasteiger partial charge in [0.05, 0.1) is 57.0 Å². The van der Waals surface area contributed by atoms with Crippen molar-refractivity contribution in [2.24, 2.45) is 0 Å². The van der Waals surface area contributed by atoms with Gasteiger partial charge in [0.1, 0.15) is 30.5 Å². The van der Waals surface area contributed by atoms with Gasteiger partial charge in [0.25, 0.3) is 0 Å². The topological polar surface area (TPSA) is 114 Å². The molecule has 2 heterocycles. The number of urea groups is 1. The summed E-state index contributed by atoms with van der Waals surface area (Å²) in [6, 6.07) is 47.4. The third-order valence-corrected chi connectivity index (χ3v) is 9.90. The molecule has 0 aliphatic carbocycles. The van der Waals surface area contributed by atoms with E-state index in [0.717, 1.165) is 22.3 Å². The summed E-state index contributed by atoms with van der Waals surface area (Å²) in [7, 11) is 0. The van der Waals surface area contributed by atoms with Gasteiger partial charge < -0.3 is 39.1 Å². The SMILES string of the molecule is CCOC(=O)C1=C([C@@H]2O[C@H](COCc3ccccc3)[C@H](OCc3ccccc3)[C@H](OCc3ccccc3)[C@H]2OCc2ccccc2)NC(=O)NC1c1ccccc1. The normalized spacial score (nSPS) is 22.0. The molecular weight excluding hydrogens is 721 g/mol. The zero-order valence-corrected chi connectivity index (χ0v) is 31.9. The van der Waals surface area contributed by atoms with Gasteiger partial charge >= 0.3 is 12.0 Å². The number of benzene rings is 5. The highest BCUT2D eigenvalue weighted by atomic mass is 16.6. The van der Waals surface area contributed by atoms with Crippen molar-refractivity contribution in [3.8, 4) is 0 Å². The Balaban J connectivity index is 1.34. The minimum atomic E-state index is -1.03. The molecule has 10 nitrogen and oxygen atoms in total. The molecule has 10 heteroatoms. The van der Waals surface area contributed by atoms with Gasteiger partial charge in [-0.1, -0.05) is 152 Å². The fourth-order valence-corrected chi connectivity index (χ4v) is 7.16. The number of carbonyl (C=O) groups is 2. The Labute approximate surface area is 333 Å². The average molecular weight is 769 g/mol. The number of amides is 2. The lowest BCUT2D eigenvalue weighted by Crippen LogP contribution is -2.64. The Bertz CT molecular complexity index is 2030. The van der Waals surface area contributed by atoms with Crippen molar-refractivity contribution in [3.05, 3.63) is 191 Å². The van der Waals surface area contributed by atoms with Crippen LogP contribution in [0.15, 0.2) is 163 Å². The second-order valence-corrected chi connectivity index (χ2v) is 13.9. The smallest absolute Gasteiger partial charge is 0.338 e. The van der Waals surface area contributed by atoms with Crippen LogP contribution in [0.2, 0.25) is 0 Å². The molecule has 2 aliphatic rings. The summed E-state index contributed by atoms with van der Waals surface area (Å²) in [6.45, 7) is 2.99. The summed E-state index contributed by atoms with van der Waals surface area (Å²) in [5.41, 5.74) is 4.97. The first-order chi connectivity index (χ1) is 28.1. The van der Waals surface area contributed by atoms with Crippen LogP contribution in [0, 0.1) is 0 Å². The Morgan fingerprint density at radius 2 is 1.05 bits per heavy atom. The molecule has 0 bridgehead atoms. The zero-order chi connectivity index (χ0) is 39.2. The molecule has 0 saturated carbocycles. The van der Waals surface area contributed by atoms with E-state index < -0.39 is 48.6 Å². The van der Waals surface area contributed by atoms with Crippen molar-refractivity contribution in [3.63, 3.8) is 0 Å². The molecule has 1 fully saturated rings. The van der Waals surface area contributed by atoms with Crippen LogP contribution in [0.25, 0.3) is 0 Å². The zero-order valence-electron chi connectivity index (χ0n) is 31.9. The molecule has 1 saturated heterocycles. The monoisotopic (exact) mass is 768 g/mol. The van der Waals surface area contributed by atoms with Crippen molar-refractivity contribution in [2.45, 2.75) is 69.9 Å². The summed E-state index contributed by atoms with van der Waals surface area (Å²) < 4.78 is 39.7. The lowest BCUT2D eigenvalue weighted by Gasteiger charge is -2.48. The first-order valence-electron chi connectivity index (χ1n) is 19.3. The molecule has 57 heavy (non-hydrogen) atoms. The fraction of sp³-hybridized carbons (Fsp3) is 0.277. The van der Waals surface area contributed by atoms with Crippen LogP contribution < -0.4 is 10.6 Å². The molecule has 1 unspecified atom stereocenters. The van der Waals surface area contributed by atoms with Gasteiger partial charge in [0.15, 0.2) is 0 Å². The van der Waals surface area contributed by atoms with Crippen LogP contribution in [0.5, 0.6) is 0 Å². The number of esters is 1. The van der Waals surface area contributed by atoms with Gasteiger partial charge in [-0.25, -0.2) is 9.59 Å². The Morgan fingerprint density at radius 3 is 1.56 bits per heavy atom. The highest BCUT2D eigenvalue weighted by Crippen LogP contribution is 2.38. The molecule has 2 aliphatic heterocycles. The van der Waals surface area contributed by atoms with E-state index in [4.69, 9.17) is 28.4 Å². The van der Waals surface area contributed by atoms with Crippen LogP contribution >= 0.6 is 0 Å². The first-order valence-corrected chi connectivity index (χ1v) is 19.3. The molecule has 5 aromatic rings. The fourth-order valence-electron chi connectivity index (χ4n) is 7.16. The molecule has 6 atom stereocenters. The van der Waals surface area contributed by atoms with E-state index in [1.165, 1.54) is 0 Å². The van der Waals surface area contributed by atoms with E-state index in [1.807, 2.05) is 152 Å². The Morgan fingerprint density at radius 1 is 0.596 bits per heavy atom. The molecule has 294 valence electrons. The minimum absolute atomic E-state index is 0.109. The highest BCUT2D eigenvalue weighted by molar-refractivity contribution is 5.95. The second kappa shape index (κ2) is 20.0. The average Bonchev–Trinajstić information content (AvgIpc) is 3.26. The van der Waals surface area contributed by atoms with Crippen molar-refractivity contribution in [1.29, 1.82) is 0 Å². The Hall–Kier alpha value is -5.62. The van der Waals surface area contributed by atoms with Gasteiger partial charge in [-0.15, -0.1) is 0 Å². The quantitative estimate of drug-likeness (QED) is 0.0931. The van der Waals surface area contributed by atoms with E-state index in [0.29, 0.717) is 12.2 Å². The molecule has 2 N–H and O–H groups in total. The predicted octanol–water partition coefficient (Wildman–Crippen LogP) is 7.60. The standard InChI is InChI=1S/C47H48N2O8/c1-2-53-46(50)39-40(37-26-16-7-17-27-37)48-47(51)49-41(39)43-45(56-31-36-24-14-6-15-25-36)44(55-30-35-22-12-5-13-23-35)42(54-29-34-20-10-4-11-21-34)38(57-43)32-52-28-33-18-8-3-9-19-33/h3-27,38,40,42-45H,2,28-32H2,1H3,(H2,48,49,51)/t38-,40?,42+,43+,44+,45+/m1/s1. The highest BCUT2D eigenvalue weighted by Gasteiger charge is 2.52. The molecule has 5 aromatic carbocycles. The van der Waals surface area contributed by atoms with Crippen molar-refractivity contribution < 1.29 is 38.0 Å². The van der Waals surface area contributed by atoms with Gasteiger partial charge in [-0.05, 0) is 34.7 Å². The van der Waals surface area contributed by atoms with Gasteiger partial charge in [0.2, 0.25) is 0 Å². The molecule has 2 amide bonds. The largest absolute Gasteiger partial charge is 0.463 e. The van der Waals surface area contributed by atoms with E-state index in [9.17, 15) is 9.59 Å². The Kier molecular flexibility index (Phi) is 13.9. The lowest BCUT2D eigenvalue weighted by atomic mass is 9.87. The number of hydrogen-bond acceptors (Lipinski definition) is 8. The third-order valence-electron chi connectivity index (χ3n) is 9.90. The number of carbonyl (C=O) groups excluding carboxylic acids is 2. The number of nitrogens with one attached hydrogen (secondary N) is 2.